The van der Waals surface area contributed by atoms with Gasteiger partial charge in [0.15, 0.2) is 0 Å². The van der Waals surface area contributed by atoms with Crippen LogP contribution in [0.1, 0.15) is 18.4 Å². The lowest BCUT2D eigenvalue weighted by Crippen LogP contribution is -2.43. The maximum Gasteiger partial charge on any atom is 0.410 e. The number of anilines is 1. The number of carbonyl (C=O) groups is 2. The Kier molecular flexibility index (Phi) is 5.73. The number of likely N-dealkylation sites (tertiary alicyclic amines) is 1. The van der Waals surface area contributed by atoms with Gasteiger partial charge in [-0.05, 0) is 30.5 Å². The monoisotopic (exact) mass is 354 g/mol. The maximum absolute atomic E-state index is 12.7. The molecular formula is C20H22N2O4. The zero-order valence-corrected chi connectivity index (χ0v) is 14.7. The highest BCUT2D eigenvalue weighted by Crippen LogP contribution is 2.25. The molecule has 6 nitrogen and oxygen atoms in total. The number of benzene rings is 2. The van der Waals surface area contributed by atoms with Crippen molar-refractivity contribution >= 4 is 17.7 Å². The summed E-state index contributed by atoms with van der Waals surface area (Å²) in [6.07, 6.45) is 0.915. The number of rotatable bonds is 5. The molecule has 1 heterocycles. The molecular weight excluding hydrogens is 332 g/mol. The first-order valence-electron chi connectivity index (χ1n) is 8.60. The van der Waals surface area contributed by atoms with Gasteiger partial charge in [-0.2, -0.15) is 0 Å². The lowest BCUT2D eigenvalue weighted by Gasteiger charge is -2.23. The van der Waals surface area contributed by atoms with E-state index in [-0.39, 0.29) is 12.5 Å². The molecule has 0 spiro atoms. The Balaban J connectivity index is 1.61. The zero-order chi connectivity index (χ0) is 18.4. The zero-order valence-electron chi connectivity index (χ0n) is 14.7. The van der Waals surface area contributed by atoms with E-state index in [1.54, 1.807) is 19.2 Å². The highest BCUT2D eigenvalue weighted by Gasteiger charge is 2.35. The summed E-state index contributed by atoms with van der Waals surface area (Å²) in [6.45, 7) is 0.703. The molecule has 1 saturated heterocycles. The van der Waals surface area contributed by atoms with Crippen molar-refractivity contribution in [3.63, 3.8) is 0 Å². The molecule has 2 aromatic carbocycles. The van der Waals surface area contributed by atoms with Gasteiger partial charge in [-0.1, -0.05) is 42.5 Å². The van der Waals surface area contributed by atoms with Crippen LogP contribution in [-0.2, 0) is 16.1 Å². The topological polar surface area (TPSA) is 67.9 Å². The number of hydrogen-bond acceptors (Lipinski definition) is 4. The van der Waals surface area contributed by atoms with Gasteiger partial charge >= 0.3 is 6.09 Å². The highest BCUT2D eigenvalue weighted by molar-refractivity contribution is 5.97. The molecule has 0 aromatic heterocycles. The second kappa shape index (κ2) is 8.38. The average Bonchev–Trinajstić information content (AvgIpc) is 3.17. The van der Waals surface area contributed by atoms with E-state index in [0.717, 1.165) is 12.0 Å². The van der Waals surface area contributed by atoms with Crippen LogP contribution in [0.5, 0.6) is 5.75 Å². The second-order valence-electron chi connectivity index (χ2n) is 6.08. The Bertz CT molecular complexity index is 763. The molecule has 2 aromatic rings. The SMILES string of the molecule is COc1ccccc1NC(=O)[C@H]1CCCN1C(=O)OCc1ccccc1. The minimum Gasteiger partial charge on any atom is -0.495 e. The van der Waals surface area contributed by atoms with E-state index in [0.29, 0.717) is 24.4 Å². The van der Waals surface area contributed by atoms with Crippen LogP contribution in [0, 0.1) is 0 Å². The van der Waals surface area contributed by atoms with Crippen LogP contribution < -0.4 is 10.1 Å². The molecule has 1 aliphatic heterocycles. The lowest BCUT2D eigenvalue weighted by atomic mass is 10.2. The maximum atomic E-state index is 12.7. The molecule has 26 heavy (non-hydrogen) atoms. The molecule has 136 valence electrons. The highest BCUT2D eigenvalue weighted by atomic mass is 16.6. The number of carbonyl (C=O) groups excluding carboxylic acids is 2. The molecule has 3 rings (SSSR count). The first-order chi connectivity index (χ1) is 12.7. The van der Waals surface area contributed by atoms with E-state index < -0.39 is 12.1 Å². The number of nitrogens with one attached hydrogen (secondary N) is 1. The molecule has 2 amide bonds. The fourth-order valence-electron chi connectivity index (χ4n) is 3.02. The predicted molar refractivity (Wildman–Crippen MR) is 98.0 cm³/mol. The van der Waals surface area contributed by atoms with Gasteiger partial charge in [0, 0.05) is 6.54 Å². The van der Waals surface area contributed by atoms with Gasteiger partial charge in [0.2, 0.25) is 5.91 Å². The molecule has 6 heteroatoms. The summed E-state index contributed by atoms with van der Waals surface area (Å²) in [5.74, 6) is 0.348. The Morgan fingerprint density at radius 3 is 2.62 bits per heavy atom. The second-order valence-corrected chi connectivity index (χ2v) is 6.08. The summed E-state index contributed by atoms with van der Waals surface area (Å²) in [7, 11) is 1.55. The van der Waals surface area contributed by atoms with Crippen molar-refractivity contribution in [1.82, 2.24) is 4.90 Å². The normalized spacial score (nSPS) is 16.2. The van der Waals surface area contributed by atoms with Crippen LogP contribution in [0.2, 0.25) is 0 Å². The molecule has 1 atom stereocenters. The van der Waals surface area contributed by atoms with Crippen molar-refractivity contribution in [3.05, 3.63) is 60.2 Å². The number of para-hydroxylation sites is 2. The molecule has 0 aliphatic carbocycles. The van der Waals surface area contributed by atoms with Gasteiger partial charge < -0.3 is 14.8 Å². The molecule has 1 fully saturated rings. The van der Waals surface area contributed by atoms with Gasteiger partial charge in [0.1, 0.15) is 18.4 Å². The van der Waals surface area contributed by atoms with Crippen LogP contribution in [0.3, 0.4) is 0 Å². The molecule has 0 bridgehead atoms. The number of amides is 2. The van der Waals surface area contributed by atoms with Crippen LogP contribution in [-0.4, -0.2) is 36.6 Å². The third kappa shape index (κ3) is 4.14. The third-order valence-electron chi connectivity index (χ3n) is 4.36. The summed E-state index contributed by atoms with van der Waals surface area (Å²) in [5, 5.41) is 2.85. The average molecular weight is 354 g/mol. The van der Waals surface area contributed by atoms with Gasteiger partial charge in [-0.3, -0.25) is 9.69 Å². The first kappa shape index (κ1) is 17.8. The van der Waals surface area contributed by atoms with Crippen molar-refractivity contribution in [2.75, 3.05) is 19.0 Å². The fourth-order valence-corrected chi connectivity index (χ4v) is 3.02. The van der Waals surface area contributed by atoms with Crippen molar-refractivity contribution in [3.8, 4) is 5.75 Å². The third-order valence-corrected chi connectivity index (χ3v) is 4.36. The Hall–Kier alpha value is -3.02. The summed E-state index contributed by atoms with van der Waals surface area (Å²) >= 11 is 0. The summed E-state index contributed by atoms with van der Waals surface area (Å²) < 4.78 is 10.6. The summed E-state index contributed by atoms with van der Waals surface area (Å²) in [4.78, 5) is 26.6. The van der Waals surface area contributed by atoms with E-state index >= 15 is 0 Å². The number of hydrogen-bond donors (Lipinski definition) is 1. The van der Waals surface area contributed by atoms with E-state index in [4.69, 9.17) is 9.47 Å². The van der Waals surface area contributed by atoms with E-state index in [2.05, 4.69) is 5.32 Å². The van der Waals surface area contributed by atoms with Crippen molar-refractivity contribution in [2.24, 2.45) is 0 Å². The first-order valence-corrected chi connectivity index (χ1v) is 8.60. The quantitative estimate of drug-likeness (QED) is 0.893. The van der Waals surface area contributed by atoms with E-state index in [9.17, 15) is 9.59 Å². The molecule has 0 radical (unpaired) electrons. The Morgan fingerprint density at radius 1 is 1.12 bits per heavy atom. The van der Waals surface area contributed by atoms with Crippen LogP contribution in [0.4, 0.5) is 10.5 Å². The number of ether oxygens (including phenoxy) is 2. The predicted octanol–water partition coefficient (Wildman–Crippen LogP) is 3.43. The minimum absolute atomic E-state index is 0.191. The van der Waals surface area contributed by atoms with E-state index in [1.165, 1.54) is 4.90 Å². The van der Waals surface area contributed by atoms with Crippen LogP contribution in [0.25, 0.3) is 0 Å². The number of nitrogens with zero attached hydrogens (tertiary/aromatic N) is 1. The van der Waals surface area contributed by atoms with Crippen molar-refractivity contribution < 1.29 is 19.1 Å². The van der Waals surface area contributed by atoms with Crippen molar-refractivity contribution in [2.45, 2.75) is 25.5 Å². The molecule has 0 unspecified atom stereocenters. The smallest absolute Gasteiger partial charge is 0.410 e. The van der Waals surface area contributed by atoms with Crippen LogP contribution >= 0.6 is 0 Å². The summed E-state index contributed by atoms with van der Waals surface area (Å²) in [5.41, 5.74) is 1.50. The van der Waals surface area contributed by atoms with E-state index in [1.807, 2.05) is 42.5 Å². The largest absolute Gasteiger partial charge is 0.495 e. The Morgan fingerprint density at radius 2 is 1.85 bits per heavy atom. The summed E-state index contributed by atoms with van der Waals surface area (Å²) in [6, 6.07) is 16.1. The van der Waals surface area contributed by atoms with Crippen LogP contribution in [0.15, 0.2) is 54.6 Å². The molecule has 1 aliphatic rings. The van der Waals surface area contributed by atoms with Gasteiger partial charge in [-0.15, -0.1) is 0 Å². The van der Waals surface area contributed by atoms with Gasteiger partial charge in [0.05, 0.1) is 12.8 Å². The molecule has 1 N–H and O–H groups in total. The van der Waals surface area contributed by atoms with Crippen molar-refractivity contribution in [1.29, 1.82) is 0 Å². The Labute approximate surface area is 152 Å². The fraction of sp³-hybridized carbons (Fsp3) is 0.300. The number of methoxy groups -OCH3 is 1. The van der Waals surface area contributed by atoms with Gasteiger partial charge in [-0.25, -0.2) is 4.79 Å². The minimum atomic E-state index is -0.539. The van der Waals surface area contributed by atoms with Gasteiger partial charge in [0.25, 0.3) is 0 Å². The molecule has 0 saturated carbocycles. The lowest BCUT2D eigenvalue weighted by molar-refractivity contribution is -0.120. The standard InChI is InChI=1S/C20H22N2O4/c1-25-18-12-6-5-10-16(18)21-19(23)17-11-7-13-22(17)20(24)26-14-15-8-3-2-4-9-15/h2-6,8-10,12,17H,7,11,13-14H2,1H3,(H,21,23)/t17-/m1/s1.